The van der Waals surface area contributed by atoms with E-state index in [1.54, 1.807) is 18.3 Å². The molecule has 0 bridgehead atoms. The largest absolute Gasteiger partial charge is 0.495 e. The van der Waals surface area contributed by atoms with Gasteiger partial charge in [-0.25, -0.2) is 0 Å². The normalized spacial score (nSPS) is 9.33. The van der Waals surface area contributed by atoms with Crippen molar-refractivity contribution in [3.63, 3.8) is 0 Å². The molecular weight excluding hydrogens is 294 g/mol. The highest BCUT2D eigenvalue weighted by molar-refractivity contribution is 9.10. The zero-order valence-corrected chi connectivity index (χ0v) is 11.2. The third-order valence-corrected chi connectivity index (χ3v) is 2.55. The molecule has 5 heteroatoms. The number of halogens is 1. The third-order valence-electron chi connectivity index (χ3n) is 2.02. The Labute approximate surface area is 114 Å². The van der Waals surface area contributed by atoms with E-state index < -0.39 is 0 Å². The lowest BCUT2D eigenvalue weighted by atomic mass is 10.2. The van der Waals surface area contributed by atoms with Crippen molar-refractivity contribution < 1.29 is 4.74 Å². The number of hydrogen-bond acceptors (Lipinski definition) is 4. The molecule has 1 aromatic carbocycles. The lowest BCUT2D eigenvalue weighted by Gasteiger charge is -2.02. The number of nitrogens with one attached hydrogen (secondary N) is 1. The van der Waals surface area contributed by atoms with E-state index in [0.717, 1.165) is 10.2 Å². The Morgan fingerprint density at radius 1 is 1.28 bits per heavy atom. The number of rotatable bonds is 4. The molecule has 0 aliphatic rings. The number of anilines is 1. The monoisotopic (exact) mass is 303 g/mol. The highest BCUT2D eigenvalue weighted by Crippen LogP contribution is 2.14. The van der Waals surface area contributed by atoms with Crippen LogP contribution in [-0.4, -0.2) is 7.11 Å². The highest BCUT2D eigenvalue weighted by atomic mass is 79.9. The Kier molecular flexibility index (Phi) is 5.50. The summed E-state index contributed by atoms with van der Waals surface area (Å²) in [6.45, 7) is 0. The number of methoxy groups -OCH3 is 1. The molecule has 0 aromatic heterocycles. The second-order valence-corrected chi connectivity index (χ2v) is 4.07. The van der Waals surface area contributed by atoms with Gasteiger partial charge in [0, 0.05) is 16.4 Å². The smallest absolute Gasteiger partial charge is 0.171 e. The van der Waals surface area contributed by atoms with Gasteiger partial charge in [-0.2, -0.15) is 10.5 Å². The Bertz CT molecular complexity index is 531. The Morgan fingerprint density at radius 3 is 2.39 bits per heavy atom. The fraction of sp³-hybridized carbons (Fsp3) is 0.0769. The van der Waals surface area contributed by atoms with Gasteiger partial charge in [-0.1, -0.05) is 15.9 Å². The Balaban J connectivity index is 2.76. The molecular formula is C13H10BrN3O. The predicted molar refractivity (Wildman–Crippen MR) is 72.2 cm³/mol. The van der Waals surface area contributed by atoms with Crippen LogP contribution in [0.2, 0.25) is 0 Å². The molecule has 0 aliphatic heterocycles. The van der Waals surface area contributed by atoms with Crippen LogP contribution in [-0.2, 0) is 4.74 Å². The van der Waals surface area contributed by atoms with Crippen LogP contribution >= 0.6 is 15.9 Å². The SMILES string of the molecule is COC(C=CNc1ccc(Br)cc1)=C(C#N)C#N. The molecule has 1 rings (SSSR count). The molecule has 0 saturated heterocycles. The van der Waals surface area contributed by atoms with Gasteiger partial charge in [-0.15, -0.1) is 0 Å². The average molecular weight is 304 g/mol. The van der Waals surface area contributed by atoms with Crippen molar-refractivity contribution in [2.45, 2.75) is 0 Å². The third kappa shape index (κ3) is 3.97. The molecule has 0 aliphatic carbocycles. The first-order chi connectivity index (χ1) is 8.71. The summed E-state index contributed by atoms with van der Waals surface area (Å²) in [5.74, 6) is 0.226. The summed E-state index contributed by atoms with van der Waals surface area (Å²) >= 11 is 3.34. The quantitative estimate of drug-likeness (QED) is 0.526. The van der Waals surface area contributed by atoms with E-state index in [2.05, 4.69) is 21.2 Å². The lowest BCUT2D eigenvalue weighted by molar-refractivity contribution is 0.305. The highest BCUT2D eigenvalue weighted by Gasteiger charge is 2.01. The molecule has 18 heavy (non-hydrogen) atoms. The molecule has 1 aromatic rings. The fourth-order valence-corrected chi connectivity index (χ4v) is 1.41. The van der Waals surface area contributed by atoms with Gasteiger partial charge in [0.25, 0.3) is 0 Å². The summed E-state index contributed by atoms with van der Waals surface area (Å²) in [5.41, 5.74) is 0.826. The number of hydrogen-bond donors (Lipinski definition) is 1. The van der Waals surface area contributed by atoms with Crippen LogP contribution in [0, 0.1) is 22.7 Å². The number of benzene rings is 1. The van der Waals surface area contributed by atoms with Crippen LogP contribution in [0.5, 0.6) is 0 Å². The summed E-state index contributed by atoms with van der Waals surface area (Å²) in [5, 5.41) is 20.4. The van der Waals surface area contributed by atoms with E-state index in [9.17, 15) is 0 Å². The van der Waals surface area contributed by atoms with Gasteiger partial charge in [0.2, 0.25) is 0 Å². The summed E-state index contributed by atoms with van der Waals surface area (Å²) in [6.07, 6.45) is 3.14. The average Bonchev–Trinajstić information content (AvgIpc) is 2.40. The van der Waals surface area contributed by atoms with Crippen LogP contribution in [0.1, 0.15) is 0 Å². The number of allylic oxidation sites excluding steroid dienone is 2. The topological polar surface area (TPSA) is 68.8 Å². The van der Waals surface area contributed by atoms with Crippen molar-refractivity contribution >= 4 is 21.6 Å². The maximum absolute atomic E-state index is 8.70. The molecule has 0 saturated carbocycles. The molecule has 1 N–H and O–H groups in total. The Morgan fingerprint density at radius 2 is 1.89 bits per heavy atom. The number of ether oxygens (including phenoxy) is 1. The van der Waals surface area contributed by atoms with Crippen molar-refractivity contribution in [3.8, 4) is 12.1 Å². The Hall–Kier alpha value is -2.24. The van der Waals surface area contributed by atoms with E-state index in [4.69, 9.17) is 15.3 Å². The summed E-state index contributed by atoms with van der Waals surface area (Å²) in [6, 6.07) is 11.1. The van der Waals surface area contributed by atoms with E-state index in [0.29, 0.717) is 0 Å². The van der Waals surface area contributed by atoms with Gasteiger partial charge in [-0.3, -0.25) is 0 Å². The maximum Gasteiger partial charge on any atom is 0.171 e. The first kappa shape index (κ1) is 13.8. The molecule has 0 amide bonds. The molecule has 0 heterocycles. The van der Waals surface area contributed by atoms with Gasteiger partial charge in [0.1, 0.15) is 17.9 Å². The number of nitriles is 2. The zero-order valence-electron chi connectivity index (χ0n) is 9.64. The minimum absolute atomic E-state index is 0.0636. The van der Waals surface area contributed by atoms with Crippen LogP contribution in [0.15, 0.2) is 52.3 Å². The lowest BCUT2D eigenvalue weighted by Crippen LogP contribution is -1.91. The van der Waals surface area contributed by atoms with Gasteiger partial charge in [0.15, 0.2) is 5.57 Å². The minimum Gasteiger partial charge on any atom is -0.495 e. The van der Waals surface area contributed by atoms with Crippen LogP contribution in [0.3, 0.4) is 0 Å². The van der Waals surface area contributed by atoms with Gasteiger partial charge in [0.05, 0.1) is 7.11 Å². The van der Waals surface area contributed by atoms with E-state index in [1.807, 2.05) is 24.3 Å². The van der Waals surface area contributed by atoms with Crippen molar-refractivity contribution in [1.29, 1.82) is 10.5 Å². The van der Waals surface area contributed by atoms with Crippen molar-refractivity contribution in [2.24, 2.45) is 0 Å². The predicted octanol–water partition coefficient (Wildman–Crippen LogP) is 3.32. The molecule has 0 unspecified atom stereocenters. The van der Waals surface area contributed by atoms with Gasteiger partial charge >= 0.3 is 0 Å². The van der Waals surface area contributed by atoms with E-state index in [1.165, 1.54) is 13.2 Å². The van der Waals surface area contributed by atoms with Crippen molar-refractivity contribution in [1.82, 2.24) is 0 Å². The minimum atomic E-state index is -0.0636. The number of nitrogens with zero attached hydrogens (tertiary/aromatic N) is 2. The molecule has 4 nitrogen and oxygen atoms in total. The first-order valence-electron chi connectivity index (χ1n) is 4.98. The standard InChI is InChI=1S/C13H10BrN3O/c1-18-13(10(8-15)9-16)6-7-17-12-4-2-11(14)3-5-12/h2-7,17H,1H3. The zero-order chi connectivity index (χ0) is 13.4. The molecule has 0 atom stereocenters. The van der Waals surface area contributed by atoms with E-state index >= 15 is 0 Å². The molecule has 0 spiro atoms. The maximum atomic E-state index is 8.70. The van der Waals surface area contributed by atoms with Crippen molar-refractivity contribution in [2.75, 3.05) is 12.4 Å². The summed E-state index contributed by atoms with van der Waals surface area (Å²) < 4.78 is 5.94. The van der Waals surface area contributed by atoms with Crippen LogP contribution < -0.4 is 5.32 Å². The van der Waals surface area contributed by atoms with Crippen LogP contribution in [0.25, 0.3) is 0 Å². The second kappa shape index (κ2) is 7.16. The molecule has 0 fully saturated rings. The van der Waals surface area contributed by atoms with E-state index in [-0.39, 0.29) is 11.3 Å². The molecule has 0 radical (unpaired) electrons. The molecule has 90 valence electrons. The summed E-state index contributed by atoms with van der Waals surface area (Å²) in [4.78, 5) is 0. The summed E-state index contributed by atoms with van der Waals surface area (Å²) in [7, 11) is 1.41. The van der Waals surface area contributed by atoms with Crippen LogP contribution in [0.4, 0.5) is 5.69 Å². The van der Waals surface area contributed by atoms with Gasteiger partial charge in [-0.05, 0) is 30.3 Å². The van der Waals surface area contributed by atoms with Gasteiger partial charge < -0.3 is 10.1 Å². The van der Waals surface area contributed by atoms with Crippen molar-refractivity contribution in [3.05, 3.63) is 52.3 Å². The first-order valence-corrected chi connectivity index (χ1v) is 5.77. The second-order valence-electron chi connectivity index (χ2n) is 3.15. The fourth-order valence-electron chi connectivity index (χ4n) is 1.15.